The number of hydrogen-bond donors (Lipinski definition) is 3. The number of benzene rings is 1. The molecule has 7 heteroatoms. The average molecular weight is 371 g/mol. The molecule has 0 radical (unpaired) electrons. The van der Waals surface area contributed by atoms with Gasteiger partial charge in [-0.3, -0.25) is 4.99 Å². The molecule has 2 aromatic heterocycles. The zero-order valence-electron chi connectivity index (χ0n) is 15.4. The molecule has 3 aromatic rings. The van der Waals surface area contributed by atoms with Crippen molar-refractivity contribution < 1.29 is 0 Å². The second-order valence-corrected chi connectivity index (χ2v) is 7.16. The van der Waals surface area contributed by atoms with Crippen molar-refractivity contribution in [3.63, 3.8) is 0 Å². The molecule has 0 aliphatic rings. The molecule has 0 spiro atoms. The molecule has 0 saturated heterocycles. The molecular weight excluding hydrogens is 344 g/mol. The Morgan fingerprint density at radius 3 is 2.85 bits per heavy atom. The molecule has 2 heterocycles. The number of thiazole rings is 1. The Hall–Kier alpha value is -2.41. The van der Waals surface area contributed by atoms with E-state index >= 15 is 0 Å². The van der Waals surface area contributed by atoms with Crippen molar-refractivity contribution in [3.8, 4) is 0 Å². The highest BCUT2D eigenvalue weighted by molar-refractivity contribution is 7.09. The number of nitrogens with one attached hydrogen (secondary N) is 3. The van der Waals surface area contributed by atoms with Crippen LogP contribution in [0.3, 0.4) is 0 Å². The fourth-order valence-electron chi connectivity index (χ4n) is 2.74. The van der Waals surface area contributed by atoms with Gasteiger partial charge in [0, 0.05) is 37.9 Å². The molecule has 0 bridgehead atoms. The van der Waals surface area contributed by atoms with Crippen molar-refractivity contribution in [2.45, 2.75) is 33.1 Å². The maximum Gasteiger partial charge on any atom is 0.191 e. The summed E-state index contributed by atoms with van der Waals surface area (Å²) in [6.45, 7) is 6.57. The lowest BCUT2D eigenvalue weighted by molar-refractivity contribution is 0.760. The van der Waals surface area contributed by atoms with Gasteiger partial charge >= 0.3 is 0 Å². The topological polar surface area (TPSA) is 78.0 Å². The van der Waals surface area contributed by atoms with Crippen LogP contribution in [-0.2, 0) is 12.8 Å². The number of imidazole rings is 1. The Bertz CT molecular complexity index is 817. The second kappa shape index (κ2) is 9.33. The summed E-state index contributed by atoms with van der Waals surface area (Å²) in [6, 6.07) is 8.12. The number of rotatable bonds is 8. The van der Waals surface area contributed by atoms with E-state index in [0.29, 0.717) is 0 Å². The van der Waals surface area contributed by atoms with Crippen LogP contribution in [-0.4, -0.2) is 40.5 Å². The number of aryl methyl sites for hydroxylation is 2. The van der Waals surface area contributed by atoms with Gasteiger partial charge in [-0.15, -0.1) is 11.3 Å². The molecule has 0 aliphatic carbocycles. The number of nitrogens with zero attached hydrogens (tertiary/aromatic N) is 3. The molecule has 1 aromatic carbocycles. The molecule has 0 unspecified atom stereocenters. The largest absolute Gasteiger partial charge is 0.357 e. The minimum atomic E-state index is 0.766. The normalized spacial score (nSPS) is 11.8. The minimum absolute atomic E-state index is 0.766. The van der Waals surface area contributed by atoms with Gasteiger partial charge in [0.05, 0.1) is 21.7 Å². The lowest BCUT2D eigenvalue weighted by Gasteiger charge is -2.10. The van der Waals surface area contributed by atoms with E-state index < -0.39 is 0 Å². The van der Waals surface area contributed by atoms with Gasteiger partial charge < -0.3 is 15.6 Å². The second-order valence-electron chi connectivity index (χ2n) is 6.10. The highest BCUT2D eigenvalue weighted by Crippen LogP contribution is 2.11. The average Bonchev–Trinajstić information content (AvgIpc) is 3.24. The molecule has 138 valence electrons. The Kier molecular flexibility index (Phi) is 6.60. The predicted molar refractivity (Wildman–Crippen MR) is 109 cm³/mol. The van der Waals surface area contributed by atoms with Gasteiger partial charge in [-0.2, -0.15) is 0 Å². The monoisotopic (exact) mass is 370 g/mol. The van der Waals surface area contributed by atoms with E-state index in [4.69, 9.17) is 0 Å². The molecule has 0 aliphatic heterocycles. The zero-order chi connectivity index (χ0) is 18.2. The maximum atomic E-state index is 4.65. The summed E-state index contributed by atoms with van der Waals surface area (Å²) in [5, 5.41) is 9.91. The first kappa shape index (κ1) is 18.4. The Labute approximate surface area is 158 Å². The maximum absolute atomic E-state index is 4.65. The summed E-state index contributed by atoms with van der Waals surface area (Å²) in [4.78, 5) is 17.1. The first-order valence-corrected chi connectivity index (χ1v) is 9.99. The number of para-hydroxylation sites is 2. The number of fused-ring (bicyclic) bond motifs is 1. The predicted octanol–water partition coefficient (Wildman–Crippen LogP) is 3.06. The van der Waals surface area contributed by atoms with E-state index in [-0.39, 0.29) is 0 Å². The minimum Gasteiger partial charge on any atom is -0.357 e. The van der Waals surface area contributed by atoms with Crippen molar-refractivity contribution in [2.75, 3.05) is 19.6 Å². The smallest absolute Gasteiger partial charge is 0.191 e. The highest BCUT2D eigenvalue weighted by atomic mass is 32.1. The van der Waals surface area contributed by atoms with Gasteiger partial charge in [0.1, 0.15) is 5.82 Å². The van der Waals surface area contributed by atoms with Gasteiger partial charge in [0.25, 0.3) is 0 Å². The van der Waals surface area contributed by atoms with Crippen molar-refractivity contribution in [2.24, 2.45) is 4.99 Å². The van der Waals surface area contributed by atoms with Gasteiger partial charge in [0.2, 0.25) is 0 Å². The summed E-state index contributed by atoms with van der Waals surface area (Å²) in [5.74, 6) is 1.89. The van der Waals surface area contributed by atoms with Crippen LogP contribution in [0.2, 0.25) is 0 Å². The number of aromatic amines is 1. The van der Waals surface area contributed by atoms with E-state index in [9.17, 15) is 0 Å². The molecule has 6 nitrogen and oxygen atoms in total. The quantitative estimate of drug-likeness (QED) is 0.323. The van der Waals surface area contributed by atoms with Crippen LogP contribution < -0.4 is 10.6 Å². The number of aliphatic imine (C=N–C) groups is 1. The van der Waals surface area contributed by atoms with Gasteiger partial charge in [0.15, 0.2) is 5.96 Å². The summed E-state index contributed by atoms with van der Waals surface area (Å²) in [7, 11) is 0. The summed E-state index contributed by atoms with van der Waals surface area (Å²) in [5.41, 5.74) is 3.26. The summed E-state index contributed by atoms with van der Waals surface area (Å²) < 4.78 is 0. The fraction of sp³-hybridized carbons (Fsp3) is 0.421. The van der Waals surface area contributed by atoms with Crippen molar-refractivity contribution >= 4 is 28.3 Å². The van der Waals surface area contributed by atoms with Crippen LogP contribution in [0.25, 0.3) is 11.0 Å². The highest BCUT2D eigenvalue weighted by Gasteiger charge is 2.03. The summed E-state index contributed by atoms with van der Waals surface area (Å²) >= 11 is 1.70. The molecular formula is C19H26N6S. The van der Waals surface area contributed by atoms with Crippen LogP contribution >= 0.6 is 11.3 Å². The van der Waals surface area contributed by atoms with E-state index in [1.807, 2.05) is 25.1 Å². The van der Waals surface area contributed by atoms with Gasteiger partial charge in [-0.25, -0.2) is 9.97 Å². The fourth-order valence-corrected chi connectivity index (χ4v) is 3.38. The third-order valence-corrected chi connectivity index (χ3v) is 4.79. The van der Waals surface area contributed by atoms with Crippen molar-refractivity contribution in [1.82, 2.24) is 25.6 Å². The molecule has 3 rings (SSSR count). The van der Waals surface area contributed by atoms with Gasteiger partial charge in [-0.1, -0.05) is 12.1 Å². The number of hydrogen-bond acceptors (Lipinski definition) is 4. The Morgan fingerprint density at radius 1 is 1.19 bits per heavy atom. The van der Waals surface area contributed by atoms with Crippen molar-refractivity contribution in [1.29, 1.82) is 0 Å². The van der Waals surface area contributed by atoms with Gasteiger partial charge in [-0.05, 0) is 32.4 Å². The number of H-pyrrole nitrogens is 1. The lowest BCUT2D eigenvalue weighted by atomic mass is 10.3. The number of aromatic nitrogens is 3. The summed E-state index contributed by atoms with van der Waals surface area (Å²) in [6.07, 6.45) is 2.77. The zero-order valence-corrected chi connectivity index (χ0v) is 16.2. The first-order chi connectivity index (χ1) is 12.7. The third kappa shape index (κ3) is 5.29. The van der Waals surface area contributed by atoms with Crippen molar-refractivity contribution in [3.05, 3.63) is 46.2 Å². The molecule has 0 atom stereocenters. The van der Waals surface area contributed by atoms with Crippen LogP contribution in [0.5, 0.6) is 0 Å². The van der Waals surface area contributed by atoms with E-state index in [1.165, 1.54) is 0 Å². The molecule has 26 heavy (non-hydrogen) atoms. The number of guanidine groups is 1. The van der Waals surface area contributed by atoms with E-state index in [0.717, 1.165) is 72.4 Å². The van der Waals surface area contributed by atoms with E-state index in [1.54, 1.807) is 11.3 Å². The Balaban J connectivity index is 1.44. The van der Waals surface area contributed by atoms with Crippen LogP contribution in [0.15, 0.2) is 34.6 Å². The third-order valence-electron chi connectivity index (χ3n) is 3.96. The molecule has 3 N–H and O–H groups in total. The Morgan fingerprint density at radius 2 is 2.08 bits per heavy atom. The standard InChI is InChI=1S/C19H26N6S/c1-3-20-19(22-12-10-15-13-26-14(2)23-15)21-11-6-9-18-24-16-7-4-5-8-17(16)25-18/h4-5,7-8,13H,3,6,9-12H2,1-2H3,(H,24,25)(H2,20,21,22). The van der Waals surface area contributed by atoms with Crippen LogP contribution in [0.4, 0.5) is 0 Å². The SMILES string of the molecule is CCNC(=NCCCc1nc2ccccc2[nH]1)NCCc1csc(C)n1. The molecule has 0 fully saturated rings. The van der Waals surface area contributed by atoms with Crippen LogP contribution in [0, 0.1) is 6.92 Å². The molecule has 0 amide bonds. The van der Waals surface area contributed by atoms with E-state index in [2.05, 4.69) is 48.9 Å². The first-order valence-electron chi connectivity index (χ1n) is 9.11. The molecule has 0 saturated carbocycles. The van der Waals surface area contributed by atoms with Crippen LogP contribution in [0.1, 0.15) is 29.9 Å². The lowest BCUT2D eigenvalue weighted by Crippen LogP contribution is -2.38.